The average molecular weight is 546 g/mol. The molecule has 10 heteroatoms. The molecule has 194 valence electrons. The number of aromatic nitrogens is 2. The lowest BCUT2D eigenvalue weighted by molar-refractivity contribution is -0.141. The average Bonchev–Trinajstić information content (AvgIpc) is 3.32. The van der Waals surface area contributed by atoms with E-state index in [0.29, 0.717) is 24.7 Å². The molecule has 37 heavy (non-hydrogen) atoms. The van der Waals surface area contributed by atoms with Gasteiger partial charge in [-0.1, -0.05) is 67.3 Å². The molecular weight excluding hydrogens is 519 g/mol. The van der Waals surface area contributed by atoms with Gasteiger partial charge in [-0.25, -0.2) is 4.98 Å². The number of nitrogens with one attached hydrogen (secondary N) is 2. The molecule has 1 fully saturated rings. The molecule has 5 nitrogen and oxygen atoms in total. The highest BCUT2D eigenvalue weighted by Gasteiger charge is 2.36. The summed E-state index contributed by atoms with van der Waals surface area (Å²) < 4.78 is 41.1. The van der Waals surface area contributed by atoms with Crippen LogP contribution in [0, 0.1) is 0 Å². The number of anilines is 2. The maximum Gasteiger partial charge on any atom is 0.433 e. The predicted molar refractivity (Wildman–Crippen MR) is 144 cm³/mol. The fourth-order valence-corrected chi connectivity index (χ4v) is 5.66. The van der Waals surface area contributed by atoms with Crippen molar-refractivity contribution in [2.24, 2.45) is 0 Å². The number of nitrogens with zero attached hydrogens (tertiary/aromatic N) is 3. The first-order chi connectivity index (χ1) is 17.7. The molecule has 1 saturated carbocycles. The molecule has 0 spiro atoms. The molecule has 1 aromatic heterocycles. The van der Waals surface area contributed by atoms with E-state index in [9.17, 15) is 13.2 Å². The van der Waals surface area contributed by atoms with Crippen molar-refractivity contribution in [3.63, 3.8) is 0 Å². The summed E-state index contributed by atoms with van der Waals surface area (Å²) >= 11 is 11.8. The van der Waals surface area contributed by atoms with E-state index in [4.69, 9.17) is 23.8 Å². The summed E-state index contributed by atoms with van der Waals surface area (Å²) in [6, 6.07) is 16.6. The number of hydrogen-bond acceptors (Lipinski definition) is 4. The standard InChI is InChI=1S/C27H27ClF3N5S/c28-21-10-6-9-20(13-21)26(11-4-1-5-12-26)17-32-25(37)35-24-33-22(27(29,30)31)14-23(34-24)36-15-18-7-2-3-8-19(18)16-36/h2-3,6-10,13-14H,1,4-5,11-12,15-17H2,(H2,32,33,34,35,37). The lowest BCUT2D eigenvalue weighted by atomic mass is 9.69. The molecule has 1 aliphatic heterocycles. The molecule has 2 heterocycles. The second-order valence-corrected chi connectivity index (χ2v) is 10.6. The van der Waals surface area contributed by atoms with Gasteiger partial charge in [0.25, 0.3) is 0 Å². The van der Waals surface area contributed by atoms with Crippen LogP contribution >= 0.6 is 23.8 Å². The molecule has 0 unspecified atom stereocenters. The minimum Gasteiger partial charge on any atom is -0.361 e. The van der Waals surface area contributed by atoms with E-state index >= 15 is 0 Å². The van der Waals surface area contributed by atoms with Crippen molar-refractivity contribution in [3.05, 3.63) is 82.0 Å². The Hall–Kier alpha value is -2.91. The van der Waals surface area contributed by atoms with E-state index < -0.39 is 11.9 Å². The zero-order chi connectivity index (χ0) is 26.0. The first kappa shape index (κ1) is 25.7. The summed E-state index contributed by atoms with van der Waals surface area (Å²) in [5.41, 5.74) is 2.11. The number of benzene rings is 2. The third-order valence-corrected chi connectivity index (χ3v) is 7.71. The molecule has 1 aliphatic carbocycles. The minimum atomic E-state index is -4.62. The number of fused-ring (bicyclic) bond motifs is 1. The van der Waals surface area contributed by atoms with E-state index in [2.05, 4.69) is 26.7 Å². The Morgan fingerprint density at radius 3 is 2.32 bits per heavy atom. The summed E-state index contributed by atoms with van der Waals surface area (Å²) in [7, 11) is 0. The predicted octanol–water partition coefficient (Wildman–Crippen LogP) is 6.86. The first-order valence-corrected chi connectivity index (χ1v) is 13.1. The lowest BCUT2D eigenvalue weighted by Gasteiger charge is -2.38. The van der Waals surface area contributed by atoms with Crippen LogP contribution in [0.4, 0.5) is 24.9 Å². The van der Waals surface area contributed by atoms with E-state index in [1.165, 1.54) is 6.42 Å². The van der Waals surface area contributed by atoms with E-state index in [1.807, 2.05) is 42.5 Å². The lowest BCUT2D eigenvalue weighted by Crippen LogP contribution is -2.43. The maximum atomic E-state index is 13.7. The molecule has 0 saturated heterocycles. The van der Waals surface area contributed by atoms with E-state index in [-0.39, 0.29) is 22.3 Å². The van der Waals surface area contributed by atoms with Crippen LogP contribution in [0.25, 0.3) is 0 Å². The second-order valence-electron chi connectivity index (χ2n) is 9.72. The van der Waals surface area contributed by atoms with Gasteiger partial charge in [-0.05, 0) is 53.9 Å². The van der Waals surface area contributed by atoms with Crippen LogP contribution in [0.5, 0.6) is 0 Å². The third-order valence-electron chi connectivity index (χ3n) is 7.23. The Bertz CT molecular complexity index is 1270. The van der Waals surface area contributed by atoms with Gasteiger partial charge in [0, 0.05) is 36.1 Å². The number of hydrogen-bond donors (Lipinski definition) is 2. The molecule has 2 aliphatic rings. The highest BCUT2D eigenvalue weighted by Crippen LogP contribution is 2.40. The molecule has 0 amide bonds. The first-order valence-electron chi connectivity index (χ1n) is 12.3. The summed E-state index contributed by atoms with van der Waals surface area (Å²) in [6.07, 6.45) is 0.686. The van der Waals surface area contributed by atoms with Crippen LogP contribution in [-0.2, 0) is 24.7 Å². The molecule has 0 radical (unpaired) electrons. The Kier molecular flexibility index (Phi) is 7.27. The summed E-state index contributed by atoms with van der Waals surface area (Å²) in [4.78, 5) is 9.93. The van der Waals surface area contributed by atoms with Crippen molar-refractivity contribution >= 4 is 40.7 Å². The van der Waals surface area contributed by atoms with Crippen LogP contribution in [0.15, 0.2) is 54.6 Å². The van der Waals surface area contributed by atoms with Gasteiger partial charge in [0.1, 0.15) is 5.82 Å². The normalized spacial score (nSPS) is 16.8. The molecule has 0 atom stereocenters. The summed E-state index contributed by atoms with van der Waals surface area (Å²) in [6.45, 7) is 1.50. The van der Waals surface area contributed by atoms with Crippen LogP contribution in [-0.4, -0.2) is 21.6 Å². The quantitative estimate of drug-likeness (QED) is 0.342. The van der Waals surface area contributed by atoms with Gasteiger partial charge in [-0.3, -0.25) is 0 Å². The van der Waals surface area contributed by atoms with Crippen LogP contribution in [0.3, 0.4) is 0 Å². The smallest absolute Gasteiger partial charge is 0.361 e. The number of halogens is 4. The van der Waals surface area contributed by atoms with Crippen molar-refractivity contribution in [2.45, 2.75) is 56.8 Å². The van der Waals surface area contributed by atoms with Gasteiger partial charge in [-0.15, -0.1) is 0 Å². The SMILES string of the molecule is FC(F)(F)c1cc(N2Cc3ccccc3C2)nc(NC(=S)NCC2(c3cccc(Cl)c3)CCCCC2)n1. The van der Waals surface area contributed by atoms with Crippen molar-refractivity contribution in [3.8, 4) is 0 Å². The van der Waals surface area contributed by atoms with Crippen molar-refractivity contribution in [1.29, 1.82) is 0 Å². The van der Waals surface area contributed by atoms with Crippen molar-refractivity contribution in [1.82, 2.24) is 15.3 Å². The van der Waals surface area contributed by atoms with Crippen molar-refractivity contribution < 1.29 is 13.2 Å². The minimum absolute atomic E-state index is 0.157. The summed E-state index contributed by atoms with van der Waals surface area (Å²) in [5.74, 6) is 0.0187. The molecule has 0 bridgehead atoms. The highest BCUT2D eigenvalue weighted by molar-refractivity contribution is 7.80. The Labute approximate surface area is 224 Å². The Morgan fingerprint density at radius 1 is 0.973 bits per heavy atom. The number of rotatable bonds is 5. The number of thiocarbonyl (C=S) groups is 1. The molecule has 3 aromatic rings. The van der Waals surface area contributed by atoms with Gasteiger partial charge < -0.3 is 15.5 Å². The Morgan fingerprint density at radius 2 is 1.68 bits per heavy atom. The van der Waals surface area contributed by atoms with Gasteiger partial charge in [0.15, 0.2) is 10.8 Å². The van der Waals surface area contributed by atoms with Crippen LogP contribution in [0.1, 0.15) is 54.5 Å². The second kappa shape index (κ2) is 10.5. The third kappa shape index (κ3) is 5.83. The van der Waals surface area contributed by atoms with E-state index in [1.54, 1.807) is 4.90 Å². The fourth-order valence-electron chi connectivity index (χ4n) is 5.30. The molecule has 5 rings (SSSR count). The largest absolute Gasteiger partial charge is 0.433 e. The summed E-state index contributed by atoms with van der Waals surface area (Å²) in [5, 5.41) is 6.89. The van der Waals surface area contributed by atoms with Crippen LogP contribution in [0.2, 0.25) is 5.02 Å². The van der Waals surface area contributed by atoms with Gasteiger partial charge in [0.05, 0.1) is 0 Å². The number of alkyl halides is 3. The van der Waals surface area contributed by atoms with Gasteiger partial charge >= 0.3 is 6.18 Å². The zero-order valence-corrected chi connectivity index (χ0v) is 21.7. The molecular formula is C27H27ClF3N5S. The highest BCUT2D eigenvalue weighted by atomic mass is 35.5. The Balaban J connectivity index is 1.34. The van der Waals surface area contributed by atoms with Gasteiger partial charge in [-0.2, -0.15) is 18.2 Å². The van der Waals surface area contributed by atoms with Crippen molar-refractivity contribution in [2.75, 3.05) is 16.8 Å². The molecule has 2 aromatic carbocycles. The fraction of sp³-hybridized carbons (Fsp3) is 0.370. The van der Waals surface area contributed by atoms with E-state index in [0.717, 1.165) is 48.4 Å². The maximum absolute atomic E-state index is 13.7. The van der Waals surface area contributed by atoms with Gasteiger partial charge in [0.2, 0.25) is 5.95 Å². The zero-order valence-electron chi connectivity index (χ0n) is 20.1. The monoisotopic (exact) mass is 545 g/mol. The topological polar surface area (TPSA) is 53.1 Å². The van der Waals surface area contributed by atoms with Crippen LogP contribution < -0.4 is 15.5 Å². The molecule has 2 N–H and O–H groups in total.